The maximum atomic E-state index is 11.4. The molecular weight excluding hydrogens is 282 g/mol. The summed E-state index contributed by atoms with van der Waals surface area (Å²) in [6, 6.07) is 3.84. The molecule has 0 spiro atoms. The van der Waals surface area contributed by atoms with Crippen molar-refractivity contribution in [2.24, 2.45) is 10.7 Å². The van der Waals surface area contributed by atoms with E-state index in [2.05, 4.69) is 10.3 Å². The summed E-state index contributed by atoms with van der Waals surface area (Å²) in [5.74, 6) is 0.446. The molecule has 0 unspecified atom stereocenters. The normalized spacial score (nSPS) is 17.8. The van der Waals surface area contributed by atoms with Crippen molar-refractivity contribution in [3.05, 3.63) is 17.0 Å². The van der Waals surface area contributed by atoms with E-state index in [0.717, 1.165) is 17.7 Å². The molecule has 0 atom stereocenters. The second kappa shape index (κ2) is 5.92. The summed E-state index contributed by atoms with van der Waals surface area (Å²) < 4.78 is 23.1. The molecule has 19 heavy (non-hydrogen) atoms. The van der Waals surface area contributed by atoms with Crippen LogP contribution in [0.15, 0.2) is 21.3 Å². The van der Waals surface area contributed by atoms with Gasteiger partial charge in [0.2, 0.25) is 0 Å². The third-order valence-corrected chi connectivity index (χ3v) is 6.00. The molecule has 0 saturated heterocycles. The Balaban J connectivity index is 1.92. The molecule has 5 nitrogen and oxygen atoms in total. The molecule has 0 radical (unpaired) electrons. The topological polar surface area (TPSA) is 84.5 Å². The van der Waals surface area contributed by atoms with Gasteiger partial charge in [0, 0.05) is 17.2 Å². The van der Waals surface area contributed by atoms with Gasteiger partial charge in [0.25, 0.3) is 0 Å². The average Bonchev–Trinajstić information content (AvgIpc) is 2.95. The largest absolute Gasteiger partial charge is 0.370 e. The number of sulfone groups is 1. The number of nitrogens with zero attached hydrogens (tertiary/aromatic N) is 1. The Morgan fingerprint density at radius 3 is 2.74 bits per heavy atom. The molecule has 2 rings (SSSR count). The van der Waals surface area contributed by atoms with Crippen molar-refractivity contribution in [1.82, 2.24) is 5.32 Å². The van der Waals surface area contributed by atoms with Crippen molar-refractivity contribution in [3.8, 4) is 0 Å². The third-order valence-electron chi connectivity index (χ3n) is 3.11. The monoisotopic (exact) mass is 301 g/mol. The van der Waals surface area contributed by atoms with E-state index in [1.807, 2.05) is 0 Å². The van der Waals surface area contributed by atoms with E-state index in [1.165, 1.54) is 30.4 Å². The van der Waals surface area contributed by atoms with Gasteiger partial charge in [-0.25, -0.2) is 13.4 Å². The van der Waals surface area contributed by atoms with E-state index in [1.54, 1.807) is 12.1 Å². The highest BCUT2D eigenvalue weighted by molar-refractivity contribution is 7.92. The number of aliphatic imine (C=N–C) groups is 1. The fraction of sp³-hybridized carbons (Fsp3) is 0.583. The van der Waals surface area contributed by atoms with Crippen LogP contribution in [-0.2, 0) is 16.4 Å². The summed E-state index contributed by atoms with van der Waals surface area (Å²) in [5, 5.41) is 3.20. The van der Waals surface area contributed by atoms with Crippen molar-refractivity contribution < 1.29 is 8.42 Å². The summed E-state index contributed by atoms with van der Waals surface area (Å²) in [5.41, 5.74) is 5.82. The Morgan fingerprint density at radius 1 is 1.47 bits per heavy atom. The van der Waals surface area contributed by atoms with Gasteiger partial charge in [-0.2, -0.15) is 0 Å². The van der Waals surface area contributed by atoms with Gasteiger partial charge in [-0.15, -0.1) is 11.3 Å². The van der Waals surface area contributed by atoms with Crippen LogP contribution in [0.4, 0.5) is 0 Å². The highest BCUT2D eigenvalue weighted by Crippen LogP contribution is 2.22. The molecule has 0 bridgehead atoms. The number of rotatable bonds is 4. The molecule has 1 heterocycles. The van der Waals surface area contributed by atoms with E-state index >= 15 is 0 Å². The summed E-state index contributed by atoms with van der Waals surface area (Å²) >= 11 is 1.25. The van der Waals surface area contributed by atoms with Crippen LogP contribution in [0.3, 0.4) is 0 Å². The lowest BCUT2D eigenvalue weighted by Gasteiger charge is -2.11. The maximum Gasteiger partial charge on any atom is 0.189 e. The van der Waals surface area contributed by atoms with E-state index < -0.39 is 9.84 Å². The first-order valence-electron chi connectivity index (χ1n) is 6.30. The quantitative estimate of drug-likeness (QED) is 0.652. The zero-order valence-electron chi connectivity index (χ0n) is 10.9. The summed E-state index contributed by atoms with van der Waals surface area (Å²) in [7, 11) is -3.12. The molecule has 1 fully saturated rings. The molecule has 1 aromatic rings. The average molecular weight is 301 g/mol. The highest BCUT2D eigenvalue weighted by Gasteiger charge is 2.15. The van der Waals surface area contributed by atoms with E-state index in [-0.39, 0.29) is 0 Å². The molecule has 1 saturated carbocycles. The molecule has 0 amide bonds. The SMILES string of the molecule is CS(=O)(=O)c1ccc(CN=C(N)NC2CCCC2)s1. The summed E-state index contributed by atoms with van der Waals surface area (Å²) in [6.07, 6.45) is 5.99. The van der Waals surface area contributed by atoms with Crippen LogP contribution in [0.25, 0.3) is 0 Å². The first-order valence-corrected chi connectivity index (χ1v) is 9.01. The van der Waals surface area contributed by atoms with Crippen LogP contribution in [0, 0.1) is 0 Å². The van der Waals surface area contributed by atoms with Gasteiger partial charge in [-0.05, 0) is 25.0 Å². The minimum absolute atomic E-state index is 0.375. The van der Waals surface area contributed by atoms with Gasteiger partial charge >= 0.3 is 0 Å². The van der Waals surface area contributed by atoms with E-state index in [4.69, 9.17) is 5.73 Å². The molecule has 1 aliphatic carbocycles. The lowest BCUT2D eigenvalue weighted by molar-refractivity contribution is 0.604. The number of nitrogens with one attached hydrogen (secondary N) is 1. The Hall–Kier alpha value is -1.08. The minimum atomic E-state index is -3.12. The smallest absolute Gasteiger partial charge is 0.189 e. The fourth-order valence-corrected chi connectivity index (χ4v) is 4.03. The number of thiophene rings is 1. The standard InChI is InChI=1S/C12H19N3O2S2/c1-19(16,17)11-7-6-10(18-11)8-14-12(13)15-9-4-2-3-5-9/h6-7,9H,2-5,8H2,1H3,(H3,13,14,15). The van der Waals surface area contributed by atoms with Gasteiger partial charge in [-0.1, -0.05) is 12.8 Å². The summed E-state index contributed by atoms with van der Waals surface area (Å²) in [4.78, 5) is 5.15. The zero-order valence-corrected chi connectivity index (χ0v) is 12.6. The Kier molecular flexibility index (Phi) is 4.46. The maximum absolute atomic E-state index is 11.4. The van der Waals surface area contributed by atoms with Gasteiger partial charge in [0.1, 0.15) is 4.21 Å². The van der Waals surface area contributed by atoms with Gasteiger partial charge < -0.3 is 11.1 Å². The van der Waals surface area contributed by atoms with Crippen LogP contribution in [0.1, 0.15) is 30.6 Å². The van der Waals surface area contributed by atoms with Gasteiger partial charge in [0.05, 0.1) is 6.54 Å². The molecular formula is C12H19N3O2S2. The second-order valence-corrected chi connectivity index (χ2v) is 8.23. The predicted octanol–water partition coefficient (Wildman–Crippen LogP) is 1.50. The third kappa shape index (κ3) is 4.21. The van der Waals surface area contributed by atoms with E-state index in [9.17, 15) is 8.42 Å². The van der Waals surface area contributed by atoms with Gasteiger partial charge in [-0.3, -0.25) is 0 Å². The molecule has 0 aromatic carbocycles. The minimum Gasteiger partial charge on any atom is -0.370 e. The van der Waals surface area contributed by atoms with Crippen LogP contribution < -0.4 is 11.1 Å². The Labute approximate surface area is 117 Å². The van der Waals surface area contributed by atoms with Crippen molar-refractivity contribution in [1.29, 1.82) is 0 Å². The highest BCUT2D eigenvalue weighted by atomic mass is 32.2. The van der Waals surface area contributed by atoms with Gasteiger partial charge in [0.15, 0.2) is 15.8 Å². The number of nitrogens with two attached hydrogens (primary N) is 1. The number of hydrogen-bond donors (Lipinski definition) is 2. The van der Waals surface area contributed by atoms with Crippen molar-refractivity contribution >= 4 is 27.1 Å². The Morgan fingerprint density at radius 2 is 2.16 bits per heavy atom. The predicted molar refractivity (Wildman–Crippen MR) is 78.1 cm³/mol. The zero-order chi connectivity index (χ0) is 13.9. The van der Waals surface area contributed by atoms with Crippen molar-refractivity contribution in [3.63, 3.8) is 0 Å². The molecule has 0 aliphatic heterocycles. The summed E-state index contributed by atoms with van der Waals surface area (Å²) in [6.45, 7) is 0.422. The van der Waals surface area contributed by atoms with Crippen LogP contribution in [-0.4, -0.2) is 26.7 Å². The molecule has 106 valence electrons. The molecule has 1 aromatic heterocycles. The number of hydrogen-bond acceptors (Lipinski definition) is 4. The van der Waals surface area contributed by atoms with Crippen LogP contribution >= 0.6 is 11.3 Å². The fourth-order valence-electron chi connectivity index (χ4n) is 2.13. The lowest BCUT2D eigenvalue weighted by Crippen LogP contribution is -2.38. The molecule has 1 aliphatic rings. The first kappa shape index (κ1) is 14.3. The van der Waals surface area contributed by atoms with Crippen molar-refractivity contribution in [2.45, 2.75) is 42.5 Å². The first-order chi connectivity index (χ1) is 8.95. The molecule has 7 heteroatoms. The van der Waals surface area contributed by atoms with Crippen molar-refractivity contribution in [2.75, 3.05) is 6.26 Å². The number of guanidine groups is 1. The van der Waals surface area contributed by atoms with Crippen LogP contribution in [0.2, 0.25) is 0 Å². The van der Waals surface area contributed by atoms with Crippen LogP contribution in [0.5, 0.6) is 0 Å². The Bertz CT molecular complexity index is 557. The van der Waals surface area contributed by atoms with E-state index in [0.29, 0.717) is 22.8 Å². The molecule has 3 N–H and O–H groups in total. The lowest BCUT2D eigenvalue weighted by atomic mass is 10.2. The second-order valence-electron chi connectivity index (χ2n) is 4.82.